The number of aryl methyl sites for hydroxylation is 1. The number of hydrogen-bond acceptors (Lipinski definition) is 5. The van der Waals surface area contributed by atoms with Crippen LogP contribution in [-0.4, -0.2) is 70.0 Å². The number of rotatable bonds is 11. The molecule has 0 aromatic carbocycles. The van der Waals surface area contributed by atoms with Crippen LogP contribution in [0.25, 0.3) is 0 Å². The normalized spacial score (nSPS) is 16.5. The third kappa shape index (κ3) is 10.1. The number of guanidine groups is 1. The fourth-order valence-corrected chi connectivity index (χ4v) is 3.13. The van der Waals surface area contributed by atoms with Gasteiger partial charge in [0.05, 0.1) is 25.8 Å². The lowest BCUT2D eigenvalue weighted by Gasteiger charge is -2.32. The molecule has 1 aromatic rings. The monoisotopic (exact) mass is 522 g/mol. The molecule has 1 fully saturated rings. The van der Waals surface area contributed by atoms with E-state index in [4.69, 9.17) is 18.9 Å². The number of nitrogens with zero attached hydrogens (tertiary/aromatic N) is 2. The Balaban J connectivity index is 0.00000420. The van der Waals surface area contributed by atoms with E-state index in [9.17, 15) is 0 Å². The first-order valence-electron chi connectivity index (χ1n) is 10.6. The number of morpholine rings is 1. The molecule has 8 heteroatoms. The van der Waals surface area contributed by atoms with Crippen molar-refractivity contribution in [3.8, 4) is 0 Å². The Hall–Kier alpha value is -0.840. The summed E-state index contributed by atoms with van der Waals surface area (Å²) < 4.78 is 17.1. The lowest BCUT2D eigenvalue weighted by Crippen LogP contribution is -2.42. The number of halogens is 1. The summed E-state index contributed by atoms with van der Waals surface area (Å²) in [6.07, 6.45) is 0.960. The van der Waals surface area contributed by atoms with Gasteiger partial charge in [0.15, 0.2) is 5.96 Å². The Morgan fingerprint density at radius 2 is 2.00 bits per heavy atom. The van der Waals surface area contributed by atoms with E-state index in [1.807, 2.05) is 13.0 Å². The van der Waals surface area contributed by atoms with Crippen LogP contribution in [0, 0.1) is 12.8 Å². The predicted octanol–water partition coefficient (Wildman–Crippen LogP) is 3.20. The molecule has 1 atom stereocenters. The van der Waals surface area contributed by atoms with E-state index in [0.29, 0.717) is 12.5 Å². The van der Waals surface area contributed by atoms with E-state index < -0.39 is 0 Å². The molecule has 7 nitrogen and oxygen atoms in total. The molecule has 1 aromatic heterocycles. The minimum absolute atomic E-state index is 0. The van der Waals surface area contributed by atoms with E-state index in [2.05, 4.69) is 42.4 Å². The zero-order valence-electron chi connectivity index (χ0n) is 18.4. The molecule has 2 rings (SSSR count). The molecule has 1 unspecified atom stereocenters. The SMILES string of the molecule is CCNC(=NCC(c1ccc(C)o1)N1CCOCC1)NCCCOCC(C)C.I. The topological polar surface area (TPSA) is 71.3 Å². The quantitative estimate of drug-likeness (QED) is 0.201. The second-order valence-corrected chi connectivity index (χ2v) is 7.58. The van der Waals surface area contributed by atoms with Gasteiger partial charge in [-0.05, 0) is 38.3 Å². The maximum atomic E-state index is 5.93. The van der Waals surface area contributed by atoms with E-state index in [0.717, 1.165) is 76.5 Å². The summed E-state index contributed by atoms with van der Waals surface area (Å²) in [5.41, 5.74) is 0. The number of furan rings is 1. The highest BCUT2D eigenvalue weighted by atomic mass is 127. The summed E-state index contributed by atoms with van der Waals surface area (Å²) >= 11 is 0. The fraction of sp³-hybridized carbons (Fsp3) is 0.762. The number of aliphatic imine (C=N–C) groups is 1. The first-order valence-corrected chi connectivity index (χ1v) is 10.6. The van der Waals surface area contributed by atoms with Crippen LogP contribution in [0.5, 0.6) is 0 Å². The molecule has 0 aliphatic carbocycles. The van der Waals surface area contributed by atoms with E-state index in [-0.39, 0.29) is 30.0 Å². The Morgan fingerprint density at radius 1 is 1.24 bits per heavy atom. The molecule has 168 valence electrons. The Bertz CT molecular complexity index is 574. The molecule has 0 spiro atoms. The minimum Gasteiger partial charge on any atom is -0.465 e. The maximum Gasteiger partial charge on any atom is 0.191 e. The summed E-state index contributed by atoms with van der Waals surface area (Å²) in [4.78, 5) is 7.23. The predicted molar refractivity (Wildman–Crippen MR) is 128 cm³/mol. The van der Waals surface area contributed by atoms with E-state index in [1.54, 1.807) is 0 Å². The van der Waals surface area contributed by atoms with E-state index in [1.165, 1.54) is 0 Å². The number of nitrogens with one attached hydrogen (secondary N) is 2. The molecule has 1 aliphatic rings. The van der Waals surface area contributed by atoms with Gasteiger partial charge in [0.1, 0.15) is 11.5 Å². The largest absolute Gasteiger partial charge is 0.465 e. The van der Waals surface area contributed by atoms with E-state index >= 15 is 0 Å². The minimum atomic E-state index is 0. The van der Waals surface area contributed by atoms with Crippen LogP contribution in [0.4, 0.5) is 0 Å². The van der Waals surface area contributed by atoms with Crippen molar-refractivity contribution in [2.24, 2.45) is 10.9 Å². The lowest BCUT2D eigenvalue weighted by atomic mass is 10.1. The van der Waals surface area contributed by atoms with Crippen molar-refractivity contribution < 1.29 is 13.9 Å². The van der Waals surface area contributed by atoms with Gasteiger partial charge in [-0.15, -0.1) is 24.0 Å². The molecular formula is C21H39IN4O3. The number of hydrogen-bond donors (Lipinski definition) is 2. The molecule has 1 saturated heterocycles. The molecular weight excluding hydrogens is 483 g/mol. The molecule has 29 heavy (non-hydrogen) atoms. The van der Waals surface area contributed by atoms with Gasteiger partial charge < -0.3 is 24.5 Å². The summed E-state index contributed by atoms with van der Waals surface area (Å²) in [5, 5.41) is 6.74. The molecule has 2 N–H and O–H groups in total. The molecule has 1 aliphatic heterocycles. The molecule has 0 amide bonds. The third-order valence-electron chi connectivity index (χ3n) is 4.55. The second-order valence-electron chi connectivity index (χ2n) is 7.58. The molecule has 0 saturated carbocycles. The third-order valence-corrected chi connectivity index (χ3v) is 4.55. The van der Waals surface area contributed by atoms with Crippen LogP contribution in [-0.2, 0) is 9.47 Å². The Kier molecular flexibility index (Phi) is 13.6. The zero-order chi connectivity index (χ0) is 20.2. The summed E-state index contributed by atoms with van der Waals surface area (Å²) in [5.74, 6) is 3.33. The lowest BCUT2D eigenvalue weighted by molar-refractivity contribution is 0.0135. The zero-order valence-corrected chi connectivity index (χ0v) is 20.7. The van der Waals surface area contributed by atoms with Crippen molar-refractivity contribution in [1.29, 1.82) is 0 Å². The summed E-state index contributed by atoms with van der Waals surface area (Å²) in [6.45, 7) is 15.6. The molecule has 0 bridgehead atoms. The van der Waals surface area contributed by atoms with Crippen LogP contribution in [0.2, 0.25) is 0 Å². The highest BCUT2D eigenvalue weighted by Crippen LogP contribution is 2.24. The summed E-state index contributed by atoms with van der Waals surface area (Å²) in [6, 6.07) is 4.22. The molecule has 0 radical (unpaired) electrons. The van der Waals surface area contributed by atoms with Crippen LogP contribution in [0.3, 0.4) is 0 Å². The summed E-state index contributed by atoms with van der Waals surface area (Å²) in [7, 11) is 0. The van der Waals surface area contributed by atoms with Crippen molar-refractivity contribution in [3.05, 3.63) is 23.7 Å². The van der Waals surface area contributed by atoms with Gasteiger partial charge in [-0.25, -0.2) is 0 Å². The first-order chi connectivity index (χ1) is 13.6. The highest BCUT2D eigenvalue weighted by Gasteiger charge is 2.25. The van der Waals surface area contributed by atoms with Gasteiger partial charge in [-0.3, -0.25) is 9.89 Å². The van der Waals surface area contributed by atoms with Crippen molar-refractivity contribution in [2.75, 3.05) is 59.2 Å². The van der Waals surface area contributed by atoms with Crippen molar-refractivity contribution in [3.63, 3.8) is 0 Å². The van der Waals surface area contributed by atoms with Crippen molar-refractivity contribution in [1.82, 2.24) is 15.5 Å². The van der Waals surface area contributed by atoms with Crippen LogP contribution < -0.4 is 10.6 Å². The van der Waals surface area contributed by atoms with Gasteiger partial charge in [0.25, 0.3) is 0 Å². The first kappa shape index (κ1) is 26.2. The van der Waals surface area contributed by atoms with Crippen LogP contribution in [0.15, 0.2) is 21.5 Å². The number of ether oxygens (including phenoxy) is 2. The van der Waals surface area contributed by atoms with Crippen molar-refractivity contribution >= 4 is 29.9 Å². The highest BCUT2D eigenvalue weighted by molar-refractivity contribution is 14.0. The van der Waals surface area contributed by atoms with Gasteiger partial charge in [-0.2, -0.15) is 0 Å². The fourth-order valence-electron chi connectivity index (χ4n) is 3.13. The second kappa shape index (κ2) is 15.0. The maximum absolute atomic E-state index is 5.93. The van der Waals surface area contributed by atoms with Gasteiger partial charge in [0.2, 0.25) is 0 Å². The van der Waals surface area contributed by atoms with Gasteiger partial charge in [0, 0.05) is 39.4 Å². The average molecular weight is 522 g/mol. The average Bonchev–Trinajstić information content (AvgIpc) is 3.11. The Labute approximate surface area is 193 Å². The standard InChI is InChI=1S/C21H38N4O3.HI/c1-5-22-21(23-9-6-12-27-16-17(2)3)24-15-19(20-8-7-18(4)28-20)25-10-13-26-14-11-25;/h7-8,17,19H,5-6,9-16H2,1-4H3,(H2,22,23,24);1H. The van der Waals surface area contributed by atoms with Gasteiger partial charge in [-0.1, -0.05) is 13.8 Å². The van der Waals surface area contributed by atoms with Gasteiger partial charge >= 0.3 is 0 Å². The smallest absolute Gasteiger partial charge is 0.191 e. The molecule has 2 heterocycles. The van der Waals surface area contributed by atoms with Crippen LogP contribution in [0.1, 0.15) is 44.8 Å². The Morgan fingerprint density at radius 3 is 2.62 bits per heavy atom. The van der Waals surface area contributed by atoms with Crippen molar-refractivity contribution in [2.45, 2.75) is 40.2 Å². The van der Waals surface area contributed by atoms with Crippen LogP contribution >= 0.6 is 24.0 Å².